The molecule has 3 fully saturated rings. The van der Waals surface area contributed by atoms with Crippen molar-refractivity contribution >= 4 is 11.8 Å². The molecule has 4 rings (SSSR count). The molecule has 0 bridgehead atoms. The fourth-order valence-electron chi connectivity index (χ4n) is 8.72. The van der Waals surface area contributed by atoms with Gasteiger partial charge in [-0.1, -0.05) is 46.6 Å². The first-order valence-corrected chi connectivity index (χ1v) is 13.0. The molecular formula is C28H44O3. The molecule has 3 nitrogen and oxygen atoms in total. The maximum atomic E-state index is 12.9. The Bertz CT molecular complexity index is 724. The Morgan fingerprint density at radius 2 is 1.87 bits per heavy atom. The summed E-state index contributed by atoms with van der Waals surface area (Å²) >= 11 is 0. The summed E-state index contributed by atoms with van der Waals surface area (Å²) in [7, 11) is 1.57. The molecule has 3 saturated carbocycles. The first-order valence-electron chi connectivity index (χ1n) is 13.0. The molecule has 0 aromatic carbocycles. The van der Waals surface area contributed by atoms with Crippen molar-refractivity contribution in [1.29, 1.82) is 0 Å². The van der Waals surface area contributed by atoms with E-state index in [4.69, 9.17) is 4.74 Å². The van der Waals surface area contributed by atoms with Crippen LogP contribution in [0.5, 0.6) is 0 Å². The van der Waals surface area contributed by atoms with Crippen LogP contribution in [0.3, 0.4) is 0 Å². The maximum Gasteiger partial charge on any atom is 0.308 e. The number of ketones is 1. The van der Waals surface area contributed by atoms with E-state index in [9.17, 15) is 9.59 Å². The molecule has 4 aliphatic rings. The van der Waals surface area contributed by atoms with E-state index in [1.165, 1.54) is 44.9 Å². The van der Waals surface area contributed by atoms with Crippen molar-refractivity contribution in [2.45, 2.75) is 91.9 Å². The van der Waals surface area contributed by atoms with Gasteiger partial charge in [0.15, 0.2) is 5.78 Å². The number of rotatable bonds is 6. The van der Waals surface area contributed by atoms with Crippen molar-refractivity contribution in [2.75, 3.05) is 7.11 Å². The van der Waals surface area contributed by atoms with Crippen molar-refractivity contribution in [1.82, 2.24) is 0 Å². The summed E-state index contributed by atoms with van der Waals surface area (Å²) in [5.41, 5.74) is 0.449. The molecule has 0 amide bonds. The SMILES string of the molecule is COC(=O)[C@H](CCCC(C)C)[C@H]1CC[C@H]2[C@@H]3CC[C@H]4CC(=O)C=C[C@]4(C)[C@H]3CC[C@]12C. The van der Waals surface area contributed by atoms with E-state index in [1.807, 2.05) is 6.08 Å². The minimum Gasteiger partial charge on any atom is -0.469 e. The van der Waals surface area contributed by atoms with Crippen molar-refractivity contribution in [2.24, 2.45) is 52.3 Å². The molecule has 0 spiro atoms. The van der Waals surface area contributed by atoms with Gasteiger partial charge in [0.05, 0.1) is 13.0 Å². The van der Waals surface area contributed by atoms with E-state index in [0.29, 0.717) is 29.5 Å². The molecule has 0 aromatic heterocycles. The van der Waals surface area contributed by atoms with Crippen molar-refractivity contribution in [3.8, 4) is 0 Å². The zero-order chi connectivity index (χ0) is 22.4. The molecule has 0 aromatic rings. The summed E-state index contributed by atoms with van der Waals surface area (Å²) in [6, 6.07) is 0. The molecule has 0 saturated heterocycles. The van der Waals surface area contributed by atoms with Gasteiger partial charge < -0.3 is 4.74 Å². The predicted molar refractivity (Wildman–Crippen MR) is 124 cm³/mol. The van der Waals surface area contributed by atoms with Gasteiger partial charge in [-0.05, 0) is 97.4 Å². The zero-order valence-electron chi connectivity index (χ0n) is 20.5. The number of ether oxygens (including phenoxy) is 1. The van der Waals surface area contributed by atoms with Crippen LogP contribution in [0.4, 0.5) is 0 Å². The summed E-state index contributed by atoms with van der Waals surface area (Å²) in [5, 5.41) is 0. The van der Waals surface area contributed by atoms with Gasteiger partial charge in [0.25, 0.3) is 0 Å². The third-order valence-electron chi connectivity index (χ3n) is 10.4. The average Bonchev–Trinajstić information content (AvgIpc) is 3.08. The molecule has 0 unspecified atom stereocenters. The molecule has 3 heteroatoms. The Morgan fingerprint density at radius 3 is 2.58 bits per heavy atom. The number of esters is 1. The lowest BCUT2D eigenvalue weighted by Gasteiger charge is -2.59. The summed E-state index contributed by atoms with van der Waals surface area (Å²) in [5.74, 6) is 4.27. The third kappa shape index (κ3) is 3.93. The highest BCUT2D eigenvalue weighted by Crippen LogP contribution is 2.67. The molecule has 0 N–H and O–H groups in total. The van der Waals surface area contributed by atoms with Crippen LogP contribution in [0.1, 0.15) is 91.9 Å². The minimum absolute atomic E-state index is 0.0298. The summed E-state index contributed by atoms with van der Waals surface area (Å²) in [4.78, 5) is 24.9. The van der Waals surface area contributed by atoms with Gasteiger partial charge in [-0.3, -0.25) is 9.59 Å². The third-order valence-corrected chi connectivity index (χ3v) is 10.4. The fourth-order valence-corrected chi connectivity index (χ4v) is 8.72. The van der Waals surface area contributed by atoms with Crippen LogP contribution >= 0.6 is 0 Å². The van der Waals surface area contributed by atoms with Crippen molar-refractivity contribution in [3.05, 3.63) is 12.2 Å². The second-order valence-electron chi connectivity index (χ2n) is 12.2. The van der Waals surface area contributed by atoms with Crippen molar-refractivity contribution < 1.29 is 14.3 Å². The van der Waals surface area contributed by atoms with Gasteiger partial charge in [0, 0.05) is 6.42 Å². The number of carbonyl (C=O) groups is 2. The number of methoxy groups -OCH3 is 1. The Hall–Kier alpha value is -1.12. The first kappa shape index (κ1) is 23.1. The Labute approximate surface area is 189 Å². The second kappa shape index (κ2) is 8.67. The molecule has 4 aliphatic carbocycles. The van der Waals surface area contributed by atoms with Crippen LogP contribution in [-0.4, -0.2) is 18.9 Å². The highest BCUT2D eigenvalue weighted by Gasteiger charge is 2.61. The fraction of sp³-hybridized carbons (Fsp3) is 0.857. The van der Waals surface area contributed by atoms with Gasteiger partial charge in [-0.25, -0.2) is 0 Å². The summed E-state index contributed by atoms with van der Waals surface area (Å²) in [6.45, 7) is 9.49. The Balaban J connectivity index is 1.55. The molecule has 174 valence electrons. The molecule has 8 atom stereocenters. The minimum atomic E-state index is 0.0298. The quantitative estimate of drug-likeness (QED) is 0.447. The average molecular weight is 429 g/mol. The van der Waals surface area contributed by atoms with Crippen LogP contribution < -0.4 is 0 Å². The number of fused-ring (bicyclic) bond motifs is 5. The zero-order valence-corrected chi connectivity index (χ0v) is 20.5. The standard InChI is InChI=1S/C28H44O3/c1-18(2)7-6-8-22(26(30)31-5)24-12-11-23-21-10-9-19-17-20(29)13-15-27(19,3)25(21)14-16-28(23,24)4/h13,15,18-19,21-25H,6-12,14,16-17H2,1-5H3/t19-,21-,22+,23-,24+,25-,27-,28-/m0/s1. The van der Waals surface area contributed by atoms with Gasteiger partial charge in [0.1, 0.15) is 0 Å². The molecular weight excluding hydrogens is 384 g/mol. The topological polar surface area (TPSA) is 43.4 Å². The highest BCUT2D eigenvalue weighted by molar-refractivity contribution is 5.91. The van der Waals surface area contributed by atoms with E-state index in [2.05, 4.69) is 33.8 Å². The monoisotopic (exact) mass is 428 g/mol. The highest BCUT2D eigenvalue weighted by atomic mass is 16.5. The lowest BCUT2D eigenvalue weighted by atomic mass is 9.45. The number of allylic oxidation sites excluding steroid dienone is 2. The first-order chi connectivity index (χ1) is 14.7. The molecule has 0 aliphatic heterocycles. The maximum absolute atomic E-state index is 12.9. The predicted octanol–water partition coefficient (Wildman–Crippen LogP) is 6.61. The van der Waals surface area contributed by atoms with E-state index >= 15 is 0 Å². The number of hydrogen-bond acceptors (Lipinski definition) is 3. The van der Waals surface area contributed by atoms with Gasteiger partial charge in [0.2, 0.25) is 0 Å². The molecule has 0 radical (unpaired) electrons. The molecule has 0 heterocycles. The van der Waals surface area contributed by atoms with Crippen LogP contribution in [0.25, 0.3) is 0 Å². The van der Waals surface area contributed by atoms with Crippen LogP contribution in [0.2, 0.25) is 0 Å². The van der Waals surface area contributed by atoms with Crippen LogP contribution in [-0.2, 0) is 14.3 Å². The second-order valence-corrected chi connectivity index (χ2v) is 12.2. The Morgan fingerprint density at radius 1 is 1.10 bits per heavy atom. The summed E-state index contributed by atoms with van der Waals surface area (Å²) in [6.07, 6.45) is 15.6. The van der Waals surface area contributed by atoms with Crippen LogP contribution in [0.15, 0.2) is 12.2 Å². The Kier molecular flexibility index (Phi) is 6.45. The summed E-state index contributed by atoms with van der Waals surface area (Å²) < 4.78 is 5.33. The smallest absolute Gasteiger partial charge is 0.308 e. The normalized spacial score (nSPS) is 42.6. The number of hydrogen-bond donors (Lipinski definition) is 0. The number of carbonyl (C=O) groups excluding carboxylic acids is 2. The molecule has 31 heavy (non-hydrogen) atoms. The van der Waals surface area contributed by atoms with E-state index < -0.39 is 0 Å². The van der Waals surface area contributed by atoms with Gasteiger partial charge in [-0.15, -0.1) is 0 Å². The largest absolute Gasteiger partial charge is 0.469 e. The van der Waals surface area contributed by atoms with E-state index in [1.54, 1.807) is 7.11 Å². The lowest BCUT2D eigenvalue weighted by molar-refractivity contribution is -0.152. The van der Waals surface area contributed by atoms with Gasteiger partial charge >= 0.3 is 5.97 Å². The van der Waals surface area contributed by atoms with Gasteiger partial charge in [-0.2, -0.15) is 0 Å². The van der Waals surface area contributed by atoms with E-state index in [-0.39, 0.29) is 22.7 Å². The van der Waals surface area contributed by atoms with Crippen LogP contribution in [0, 0.1) is 52.3 Å². The van der Waals surface area contributed by atoms with Crippen molar-refractivity contribution in [3.63, 3.8) is 0 Å². The lowest BCUT2D eigenvalue weighted by Crippen LogP contribution is -2.53. The van der Waals surface area contributed by atoms with E-state index in [0.717, 1.165) is 31.1 Å².